The van der Waals surface area contributed by atoms with Crippen LogP contribution in [0.5, 0.6) is 0 Å². The summed E-state index contributed by atoms with van der Waals surface area (Å²) in [6.45, 7) is 1.03. The molecule has 0 radical (unpaired) electrons. The van der Waals surface area contributed by atoms with Crippen LogP contribution in [0.2, 0.25) is 5.02 Å². The molecule has 5 rings (SSSR count). The number of carbonyl (C=O) groups excluding carboxylic acids is 1. The molecule has 0 atom stereocenters. The third-order valence-corrected chi connectivity index (χ3v) is 6.14. The van der Waals surface area contributed by atoms with E-state index in [1.807, 2.05) is 0 Å². The molecular weight excluding hydrogens is 446 g/mol. The van der Waals surface area contributed by atoms with Gasteiger partial charge in [0, 0.05) is 16.8 Å². The summed E-state index contributed by atoms with van der Waals surface area (Å²) >= 11 is 7.30. The SMILES string of the molecule is O=C(NC1COC1)c1cc(-n2ncc3cc(Nc4c(F)cccc4Cl)c(F)cc32)cs1. The average molecular weight is 461 g/mol. The molecule has 0 saturated carbocycles. The number of aromatic nitrogens is 2. The Hall–Kier alpha value is -3.01. The van der Waals surface area contributed by atoms with E-state index in [0.717, 1.165) is 0 Å². The smallest absolute Gasteiger partial charge is 0.261 e. The van der Waals surface area contributed by atoms with Gasteiger partial charge in [0.25, 0.3) is 5.91 Å². The van der Waals surface area contributed by atoms with E-state index in [4.69, 9.17) is 16.3 Å². The van der Waals surface area contributed by atoms with Gasteiger partial charge in [-0.3, -0.25) is 4.79 Å². The number of amides is 1. The molecule has 1 aliphatic heterocycles. The Morgan fingerprint density at radius 2 is 2.06 bits per heavy atom. The minimum absolute atomic E-state index is 0.000148. The van der Waals surface area contributed by atoms with E-state index in [1.165, 1.54) is 41.7 Å². The third kappa shape index (κ3) is 3.76. The lowest BCUT2D eigenvalue weighted by molar-refractivity contribution is -0.00338. The number of halogens is 3. The first-order valence-electron chi connectivity index (χ1n) is 9.35. The van der Waals surface area contributed by atoms with Crippen LogP contribution in [0.4, 0.5) is 20.2 Å². The molecule has 1 amide bonds. The van der Waals surface area contributed by atoms with E-state index in [1.54, 1.807) is 22.3 Å². The zero-order valence-corrected chi connectivity index (χ0v) is 17.4. The average Bonchev–Trinajstić information content (AvgIpc) is 3.34. The van der Waals surface area contributed by atoms with Crippen molar-refractivity contribution >= 4 is 51.1 Å². The van der Waals surface area contributed by atoms with Crippen LogP contribution in [-0.4, -0.2) is 34.9 Å². The predicted octanol–water partition coefficient (Wildman–Crippen LogP) is 4.89. The van der Waals surface area contributed by atoms with Crippen LogP contribution in [0.15, 0.2) is 48.0 Å². The van der Waals surface area contributed by atoms with Crippen molar-refractivity contribution < 1.29 is 18.3 Å². The minimum atomic E-state index is -0.591. The van der Waals surface area contributed by atoms with Crippen molar-refractivity contribution in [2.75, 3.05) is 18.5 Å². The fraction of sp³-hybridized carbons (Fsp3) is 0.143. The Kier molecular flexibility index (Phi) is 5.09. The largest absolute Gasteiger partial charge is 0.377 e. The number of nitrogens with one attached hydrogen (secondary N) is 2. The first-order valence-corrected chi connectivity index (χ1v) is 10.6. The number of hydrogen-bond acceptors (Lipinski definition) is 5. The molecule has 4 aromatic rings. The molecule has 1 aliphatic rings. The first-order chi connectivity index (χ1) is 15.0. The second kappa shape index (κ2) is 7.92. The quantitative estimate of drug-likeness (QED) is 0.445. The van der Waals surface area contributed by atoms with Gasteiger partial charge in [-0.25, -0.2) is 13.5 Å². The molecule has 31 heavy (non-hydrogen) atoms. The lowest BCUT2D eigenvalue weighted by atomic mass is 10.2. The number of para-hydroxylation sites is 1. The lowest BCUT2D eigenvalue weighted by Gasteiger charge is -2.26. The van der Waals surface area contributed by atoms with Gasteiger partial charge in [-0.15, -0.1) is 11.3 Å². The second-order valence-corrected chi connectivity index (χ2v) is 8.36. The van der Waals surface area contributed by atoms with Crippen LogP contribution in [0, 0.1) is 11.6 Å². The van der Waals surface area contributed by atoms with Gasteiger partial charge < -0.3 is 15.4 Å². The highest BCUT2D eigenvalue weighted by atomic mass is 35.5. The van der Waals surface area contributed by atoms with E-state index in [2.05, 4.69) is 15.7 Å². The highest BCUT2D eigenvalue weighted by molar-refractivity contribution is 7.12. The molecule has 0 aliphatic carbocycles. The zero-order valence-electron chi connectivity index (χ0n) is 15.9. The lowest BCUT2D eigenvalue weighted by Crippen LogP contribution is -2.48. The number of benzene rings is 2. The van der Waals surface area contributed by atoms with Gasteiger partial charge in [-0.1, -0.05) is 17.7 Å². The van der Waals surface area contributed by atoms with Gasteiger partial charge in [0.05, 0.1) is 57.9 Å². The van der Waals surface area contributed by atoms with E-state index < -0.39 is 11.6 Å². The zero-order chi connectivity index (χ0) is 21.5. The maximum absolute atomic E-state index is 14.8. The number of nitrogens with zero attached hydrogens (tertiary/aromatic N) is 2. The van der Waals surface area contributed by atoms with Crippen molar-refractivity contribution in [3.63, 3.8) is 0 Å². The molecule has 0 spiro atoms. The third-order valence-electron chi connectivity index (χ3n) is 4.91. The summed E-state index contributed by atoms with van der Waals surface area (Å²) in [6.07, 6.45) is 1.58. The minimum Gasteiger partial charge on any atom is -0.377 e. The van der Waals surface area contributed by atoms with E-state index in [0.29, 0.717) is 34.7 Å². The molecule has 2 aromatic heterocycles. The van der Waals surface area contributed by atoms with Crippen molar-refractivity contribution in [1.29, 1.82) is 0 Å². The van der Waals surface area contributed by atoms with E-state index in [-0.39, 0.29) is 28.3 Å². The van der Waals surface area contributed by atoms with Gasteiger partial charge in [-0.05, 0) is 24.3 Å². The van der Waals surface area contributed by atoms with Gasteiger partial charge in [0.2, 0.25) is 0 Å². The summed E-state index contributed by atoms with van der Waals surface area (Å²) in [7, 11) is 0. The molecule has 158 valence electrons. The summed E-state index contributed by atoms with van der Waals surface area (Å²) in [5.74, 6) is -1.35. The Morgan fingerprint density at radius 1 is 1.23 bits per heavy atom. The Balaban J connectivity index is 1.44. The van der Waals surface area contributed by atoms with Crippen molar-refractivity contribution in [2.45, 2.75) is 6.04 Å². The van der Waals surface area contributed by atoms with Crippen LogP contribution in [0.1, 0.15) is 9.67 Å². The summed E-state index contributed by atoms with van der Waals surface area (Å²) in [5, 5.41) is 12.5. The standard InChI is InChI=1S/C21H15ClF2N4O2S/c22-14-2-1-3-15(23)20(14)27-17-4-11-7-25-28(18(11)6-16(17)24)13-5-19(31-10-13)21(29)26-12-8-30-9-12/h1-7,10,12,27H,8-9H2,(H,26,29). The highest BCUT2D eigenvalue weighted by Crippen LogP contribution is 2.32. The Labute approximate surface area is 184 Å². The summed E-state index contributed by atoms with van der Waals surface area (Å²) < 4.78 is 35.5. The van der Waals surface area contributed by atoms with Crippen LogP contribution >= 0.6 is 22.9 Å². The monoisotopic (exact) mass is 460 g/mol. The summed E-state index contributed by atoms with van der Waals surface area (Å²) in [6, 6.07) is 8.81. The topological polar surface area (TPSA) is 68.2 Å². The molecular formula is C21H15ClF2N4O2S. The summed E-state index contributed by atoms with van der Waals surface area (Å²) in [4.78, 5) is 12.9. The number of carbonyl (C=O) groups is 1. The number of hydrogen-bond donors (Lipinski definition) is 2. The van der Waals surface area contributed by atoms with Gasteiger partial charge in [0.15, 0.2) is 0 Å². The molecule has 1 fully saturated rings. The number of anilines is 2. The molecule has 0 unspecified atom stereocenters. The van der Waals surface area contributed by atoms with Gasteiger partial charge in [0.1, 0.15) is 11.6 Å². The molecule has 2 N–H and O–H groups in total. The van der Waals surface area contributed by atoms with Crippen molar-refractivity contribution in [3.05, 3.63) is 69.5 Å². The predicted molar refractivity (Wildman–Crippen MR) is 116 cm³/mol. The van der Waals surface area contributed by atoms with Crippen LogP contribution < -0.4 is 10.6 Å². The van der Waals surface area contributed by atoms with Crippen LogP contribution in [-0.2, 0) is 4.74 Å². The highest BCUT2D eigenvalue weighted by Gasteiger charge is 2.22. The van der Waals surface area contributed by atoms with E-state index >= 15 is 0 Å². The van der Waals surface area contributed by atoms with Gasteiger partial charge in [-0.2, -0.15) is 5.10 Å². The van der Waals surface area contributed by atoms with Crippen LogP contribution in [0.25, 0.3) is 16.6 Å². The molecule has 6 nitrogen and oxygen atoms in total. The van der Waals surface area contributed by atoms with E-state index in [9.17, 15) is 13.6 Å². The molecule has 10 heteroatoms. The maximum atomic E-state index is 14.8. The fourth-order valence-corrected chi connectivity index (χ4v) is 4.21. The molecule has 1 saturated heterocycles. The van der Waals surface area contributed by atoms with Crippen molar-refractivity contribution in [1.82, 2.24) is 15.1 Å². The number of rotatable bonds is 5. The van der Waals surface area contributed by atoms with Crippen LogP contribution in [0.3, 0.4) is 0 Å². The normalized spacial score (nSPS) is 13.9. The Morgan fingerprint density at radius 3 is 2.81 bits per heavy atom. The fourth-order valence-electron chi connectivity index (χ4n) is 3.23. The first kappa shape index (κ1) is 19.9. The van der Waals surface area contributed by atoms with Gasteiger partial charge >= 0.3 is 0 Å². The van der Waals surface area contributed by atoms with Crippen molar-refractivity contribution in [2.24, 2.45) is 0 Å². The van der Waals surface area contributed by atoms with Crippen molar-refractivity contribution in [3.8, 4) is 5.69 Å². The maximum Gasteiger partial charge on any atom is 0.261 e. The number of thiophene rings is 1. The Bertz CT molecular complexity index is 1280. The molecule has 2 aromatic carbocycles. The molecule has 0 bridgehead atoms. The number of fused-ring (bicyclic) bond motifs is 1. The summed E-state index contributed by atoms with van der Waals surface area (Å²) in [5.41, 5.74) is 1.24. The number of ether oxygens (including phenoxy) is 1. The second-order valence-electron chi connectivity index (χ2n) is 7.05. The molecule has 3 heterocycles.